The maximum Gasteiger partial charge on any atom is 0.261 e. The molecule has 0 heterocycles. The van der Waals surface area contributed by atoms with Crippen LogP contribution in [0.15, 0.2) is 91.0 Å². The molecule has 4 nitrogen and oxygen atoms in total. The third-order valence-electron chi connectivity index (χ3n) is 4.84. The molecule has 4 rings (SSSR count). The number of benzene rings is 4. The van der Waals surface area contributed by atoms with Gasteiger partial charge in [0.25, 0.3) is 5.91 Å². The number of halogens is 1. The topological polar surface area (TPSA) is 41.6 Å². The lowest BCUT2D eigenvalue weighted by Crippen LogP contribution is -2.40. The SMILES string of the molecule is COc1ccc(Cl)cc1C(=O)NC(=S)N(c1ccccc1)c1ccc2ccccc2c1. The van der Waals surface area contributed by atoms with Gasteiger partial charge in [0.15, 0.2) is 5.11 Å². The summed E-state index contributed by atoms with van der Waals surface area (Å²) in [7, 11) is 1.50. The molecule has 0 radical (unpaired) electrons. The Bertz CT molecular complexity index is 1260. The van der Waals surface area contributed by atoms with Crippen molar-refractivity contribution >= 4 is 57.0 Å². The van der Waals surface area contributed by atoms with E-state index in [4.69, 9.17) is 28.6 Å². The van der Waals surface area contributed by atoms with Crippen LogP contribution in [-0.2, 0) is 0 Å². The van der Waals surface area contributed by atoms with Gasteiger partial charge >= 0.3 is 0 Å². The van der Waals surface area contributed by atoms with Gasteiger partial charge < -0.3 is 4.74 Å². The molecular formula is C25H19ClN2O2S. The van der Waals surface area contributed by atoms with Crippen LogP contribution in [0.5, 0.6) is 5.75 Å². The molecule has 31 heavy (non-hydrogen) atoms. The number of para-hydroxylation sites is 1. The number of carbonyl (C=O) groups is 1. The Morgan fingerprint density at radius 3 is 2.32 bits per heavy atom. The zero-order valence-electron chi connectivity index (χ0n) is 16.7. The van der Waals surface area contributed by atoms with E-state index in [0.29, 0.717) is 16.3 Å². The Hall–Kier alpha value is -3.41. The molecule has 0 unspecified atom stereocenters. The van der Waals surface area contributed by atoms with Crippen LogP contribution in [0.1, 0.15) is 10.4 Å². The minimum absolute atomic E-state index is 0.244. The number of nitrogens with one attached hydrogen (secondary N) is 1. The van der Waals surface area contributed by atoms with Gasteiger partial charge in [-0.05, 0) is 65.5 Å². The minimum atomic E-state index is -0.397. The van der Waals surface area contributed by atoms with Crippen LogP contribution in [0.3, 0.4) is 0 Å². The summed E-state index contributed by atoms with van der Waals surface area (Å²) in [4.78, 5) is 14.8. The van der Waals surface area contributed by atoms with Crippen LogP contribution in [0, 0.1) is 0 Å². The quantitative estimate of drug-likeness (QED) is 0.370. The Kier molecular flexibility index (Phi) is 6.16. The fourth-order valence-electron chi connectivity index (χ4n) is 3.35. The number of hydrogen-bond donors (Lipinski definition) is 1. The molecule has 154 valence electrons. The second kappa shape index (κ2) is 9.16. The van der Waals surface area contributed by atoms with Gasteiger partial charge in [0.05, 0.1) is 12.7 Å². The number of amides is 1. The van der Waals surface area contributed by atoms with Crippen molar-refractivity contribution in [2.45, 2.75) is 0 Å². The number of thiocarbonyl (C=S) groups is 1. The maximum atomic E-state index is 13.0. The van der Waals surface area contributed by atoms with E-state index in [-0.39, 0.29) is 5.11 Å². The van der Waals surface area contributed by atoms with Crippen molar-refractivity contribution in [3.8, 4) is 5.75 Å². The molecule has 0 aliphatic rings. The van der Waals surface area contributed by atoms with Gasteiger partial charge in [-0.3, -0.25) is 15.0 Å². The van der Waals surface area contributed by atoms with Crippen molar-refractivity contribution < 1.29 is 9.53 Å². The number of methoxy groups -OCH3 is 1. The van der Waals surface area contributed by atoms with Crippen LogP contribution in [0.4, 0.5) is 11.4 Å². The Morgan fingerprint density at radius 1 is 0.871 bits per heavy atom. The molecule has 4 aromatic carbocycles. The molecule has 0 spiro atoms. The summed E-state index contributed by atoms with van der Waals surface area (Å²) in [5.41, 5.74) is 1.98. The first kappa shape index (κ1) is 20.8. The Labute approximate surface area is 191 Å². The molecule has 0 saturated heterocycles. The number of nitrogens with zero attached hydrogens (tertiary/aromatic N) is 1. The smallest absolute Gasteiger partial charge is 0.261 e. The summed E-state index contributed by atoms with van der Waals surface area (Å²) >= 11 is 11.8. The first-order valence-electron chi connectivity index (χ1n) is 9.59. The third kappa shape index (κ3) is 4.53. The second-order valence-corrected chi connectivity index (χ2v) is 7.63. The monoisotopic (exact) mass is 446 g/mol. The number of ether oxygens (including phenoxy) is 1. The van der Waals surface area contributed by atoms with E-state index in [0.717, 1.165) is 22.1 Å². The van der Waals surface area contributed by atoms with Gasteiger partial charge in [-0.1, -0.05) is 60.1 Å². The highest BCUT2D eigenvalue weighted by atomic mass is 35.5. The first-order chi connectivity index (χ1) is 15.1. The summed E-state index contributed by atoms with van der Waals surface area (Å²) in [6, 6.07) is 28.7. The zero-order chi connectivity index (χ0) is 21.8. The molecular weight excluding hydrogens is 428 g/mol. The van der Waals surface area contributed by atoms with Gasteiger partial charge in [0.2, 0.25) is 0 Å². The lowest BCUT2D eigenvalue weighted by Gasteiger charge is -2.26. The largest absolute Gasteiger partial charge is 0.496 e. The molecule has 1 amide bonds. The van der Waals surface area contributed by atoms with Gasteiger partial charge in [0.1, 0.15) is 5.75 Å². The predicted molar refractivity (Wildman–Crippen MR) is 131 cm³/mol. The van der Waals surface area contributed by atoms with Gasteiger partial charge in [-0.25, -0.2) is 0 Å². The van der Waals surface area contributed by atoms with Crippen molar-refractivity contribution in [3.63, 3.8) is 0 Å². The second-order valence-electron chi connectivity index (χ2n) is 6.81. The molecule has 6 heteroatoms. The summed E-state index contributed by atoms with van der Waals surface area (Å²) in [6.07, 6.45) is 0. The van der Waals surface area contributed by atoms with Crippen molar-refractivity contribution in [3.05, 3.63) is 102 Å². The number of anilines is 2. The van der Waals surface area contributed by atoms with E-state index in [2.05, 4.69) is 11.4 Å². The Balaban J connectivity index is 1.71. The van der Waals surface area contributed by atoms with Crippen LogP contribution >= 0.6 is 23.8 Å². The predicted octanol–water partition coefficient (Wildman–Crippen LogP) is 6.35. The summed E-state index contributed by atoms with van der Waals surface area (Å²) in [5, 5.41) is 5.70. The molecule has 0 bridgehead atoms. The minimum Gasteiger partial charge on any atom is -0.496 e. The van der Waals surface area contributed by atoms with Crippen LogP contribution < -0.4 is 15.0 Å². The molecule has 0 aliphatic carbocycles. The van der Waals surface area contributed by atoms with Gasteiger partial charge in [-0.2, -0.15) is 0 Å². The van der Waals surface area contributed by atoms with Crippen molar-refractivity contribution in [1.29, 1.82) is 0 Å². The normalized spacial score (nSPS) is 10.5. The lowest BCUT2D eigenvalue weighted by atomic mass is 10.1. The highest BCUT2D eigenvalue weighted by Gasteiger charge is 2.20. The maximum absolute atomic E-state index is 13.0. The van der Waals surface area contributed by atoms with Gasteiger partial charge in [-0.15, -0.1) is 0 Å². The van der Waals surface area contributed by atoms with Crippen LogP contribution in [0.2, 0.25) is 5.02 Å². The van der Waals surface area contributed by atoms with E-state index < -0.39 is 5.91 Å². The fourth-order valence-corrected chi connectivity index (χ4v) is 3.83. The molecule has 0 saturated carbocycles. The number of carbonyl (C=O) groups excluding carboxylic acids is 1. The highest BCUT2D eigenvalue weighted by Crippen LogP contribution is 2.29. The molecule has 0 aliphatic heterocycles. The zero-order valence-corrected chi connectivity index (χ0v) is 18.3. The van der Waals surface area contributed by atoms with Gasteiger partial charge in [0, 0.05) is 16.4 Å². The van der Waals surface area contributed by atoms with E-state index in [1.54, 1.807) is 18.2 Å². The molecule has 1 N–H and O–H groups in total. The standard InChI is InChI=1S/C25H19ClN2O2S/c1-30-23-14-12-19(26)16-22(23)24(29)27-25(31)28(20-9-3-2-4-10-20)21-13-11-17-7-5-6-8-18(17)15-21/h2-16H,1H3,(H,27,29,31). The molecule has 0 aromatic heterocycles. The van der Waals surface area contributed by atoms with E-state index >= 15 is 0 Å². The third-order valence-corrected chi connectivity index (χ3v) is 5.36. The van der Waals surface area contributed by atoms with E-state index in [1.807, 2.05) is 71.6 Å². The number of hydrogen-bond acceptors (Lipinski definition) is 3. The Morgan fingerprint density at radius 2 is 1.58 bits per heavy atom. The van der Waals surface area contributed by atoms with Crippen molar-refractivity contribution in [2.24, 2.45) is 0 Å². The lowest BCUT2D eigenvalue weighted by molar-refractivity contribution is 0.0974. The average molecular weight is 447 g/mol. The number of fused-ring (bicyclic) bond motifs is 1. The first-order valence-corrected chi connectivity index (χ1v) is 10.4. The summed E-state index contributed by atoms with van der Waals surface area (Å²) in [5.74, 6) is 0.0211. The van der Waals surface area contributed by atoms with Crippen molar-refractivity contribution in [2.75, 3.05) is 12.0 Å². The number of rotatable bonds is 4. The van der Waals surface area contributed by atoms with Crippen LogP contribution in [-0.4, -0.2) is 18.1 Å². The summed E-state index contributed by atoms with van der Waals surface area (Å²) < 4.78 is 5.30. The molecule has 0 fully saturated rings. The average Bonchev–Trinajstić information content (AvgIpc) is 2.80. The molecule has 0 atom stereocenters. The fraction of sp³-hybridized carbons (Fsp3) is 0.0400. The van der Waals surface area contributed by atoms with Crippen LogP contribution in [0.25, 0.3) is 10.8 Å². The highest BCUT2D eigenvalue weighted by molar-refractivity contribution is 7.80. The van der Waals surface area contributed by atoms with E-state index in [1.165, 1.54) is 7.11 Å². The van der Waals surface area contributed by atoms with Crippen molar-refractivity contribution in [1.82, 2.24) is 5.32 Å². The molecule has 4 aromatic rings. The summed E-state index contributed by atoms with van der Waals surface area (Å²) in [6.45, 7) is 0. The van der Waals surface area contributed by atoms with E-state index in [9.17, 15) is 4.79 Å².